The molecule has 0 spiro atoms. The van der Waals surface area contributed by atoms with Gasteiger partial charge in [0.05, 0.1) is 32.1 Å². The molecule has 2 aliphatic rings. The predicted molar refractivity (Wildman–Crippen MR) is 133 cm³/mol. The van der Waals surface area contributed by atoms with Gasteiger partial charge < -0.3 is 0 Å². The summed E-state index contributed by atoms with van der Waals surface area (Å²) in [5, 5.41) is 34.9. The van der Waals surface area contributed by atoms with Gasteiger partial charge in [-0.25, -0.2) is 4.99 Å². The SMILES string of the molecule is O=[N+]([O-])C1=CC([N+](=O)[O-])=C2C(=Cc3cc([N+](=O)[O-])ccc32)C1=Nc1ccc(Cc2ccccc2)cc1. The number of fused-ring (bicyclic) bond motifs is 3. The molecule has 0 bridgehead atoms. The second kappa shape index (κ2) is 8.84. The van der Waals surface area contributed by atoms with Gasteiger partial charge in [0.1, 0.15) is 5.71 Å². The van der Waals surface area contributed by atoms with E-state index >= 15 is 0 Å². The highest BCUT2D eigenvalue weighted by molar-refractivity contribution is 6.28. The van der Waals surface area contributed by atoms with Crippen LogP contribution >= 0.6 is 0 Å². The van der Waals surface area contributed by atoms with Crippen molar-refractivity contribution in [1.29, 1.82) is 0 Å². The lowest BCUT2D eigenvalue weighted by Crippen LogP contribution is -2.20. The summed E-state index contributed by atoms with van der Waals surface area (Å²) in [5.74, 6) is 0. The number of rotatable bonds is 6. The van der Waals surface area contributed by atoms with Crippen LogP contribution in [0, 0.1) is 30.3 Å². The number of allylic oxidation sites excluding steroid dienone is 3. The Morgan fingerprint density at radius 3 is 2.06 bits per heavy atom. The second-order valence-electron chi connectivity index (χ2n) is 8.18. The Morgan fingerprint density at radius 1 is 0.722 bits per heavy atom. The van der Waals surface area contributed by atoms with E-state index in [4.69, 9.17) is 0 Å². The fraction of sp³-hybridized carbons (Fsp3) is 0.0385. The molecule has 0 unspecified atom stereocenters. The van der Waals surface area contributed by atoms with Gasteiger partial charge in [0.25, 0.3) is 11.4 Å². The van der Waals surface area contributed by atoms with E-state index in [1.54, 1.807) is 12.1 Å². The highest BCUT2D eigenvalue weighted by Gasteiger charge is 2.41. The first kappa shape index (κ1) is 22.5. The minimum absolute atomic E-state index is 0.0461. The van der Waals surface area contributed by atoms with Crippen molar-refractivity contribution in [2.75, 3.05) is 0 Å². The topological polar surface area (TPSA) is 142 Å². The van der Waals surface area contributed by atoms with Crippen LogP contribution in [0.3, 0.4) is 0 Å². The number of non-ortho nitro benzene ring substituents is 1. The molecule has 0 radical (unpaired) electrons. The molecule has 176 valence electrons. The summed E-state index contributed by atoms with van der Waals surface area (Å²) in [6.45, 7) is 0. The molecule has 10 nitrogen and oxygen atoms in total. The lowest BCUT2D eigenvalue weighted by atomic mass is 9.91. The van der Waals surface area contributed by atoms with Gasteiger partial charge in [-0.2, -0.15) is 0 Å². The van der Waals surface area contributed by atoms with Crippen molar-refractivity contribution in [3.63, 3.8) is 0 Å². The standard InChI is InChI=1S/C26H16N4O6/c31-28(32)20-10-11-21-18(13-20)14-22-25(21)23(29(33)34)15-24(30(35)36)26(22)27-19-8-6-17(7-9-19)12-16-4-2-1-3-5-16/h1-11,13-15H,12H2. The van der Waals surface area contributed by atoms with E-state index in [0.29, 0.717) is 23.2 Å². The molecular weight excluding hydrogens is 464 g/mol. The molecule has 2 aliphatic carbocycles. The van der Waals surface area contributed by atoms with E-state index in [1.807, 2.05) is 42.5 Å². The Balaban J connectivity index is 1.59. The fourth-order valence-corrected chi connectivity index (χ4v) is 4.30. The van der Waals surface area contributed by atoms with Crippen LogP contribution < -0.4 is 0 Å². The van der Waals surface area contributed by atoms with Crippen LogP contribution in [0.2, 0.25) is 0 Å². The molecule has 0 heterocycles. The Labute approximate surface area is 203 Å². The van der Waals surface area contributed by atoms with Crippen LogP contribution in [0.25, 0.3) is 11.6 Å². The van der Waals surface area contributed by atoms with Crippen molar-refractivity contribution in [3.05, 3.63) is 148 Å². The van der Waals surface area contributed by atoms with Crippen molar-refractivity contribution in [2.24, 2.45) is 4.99 Å². The maximum atomic E-state index is 11.9. The summed E-state index contributed by atoms with van der Waals surface area (Å²) in [5.41, 5.74) is 2.44. The summed E-state index contributed by atoms with van der Waals surface area (Å²) in [6.07, 6.45) is 3.07. The largest absolute Gasteiger partial charge is 0.302 e. The lowest BCUT2D eigenvalue weighted by molar-refractivity contribution is -0.428. The van der Waals surface area contributed by atoms with Crippen LogP contribution in [0.15, 0.2) is 101 Å². The lowest BCUT2D eigenvalue weighted by Gasteiger charge is -2.14. The second-order valence-corrected chi connectivity index (χ2v) is 8.18. The maximum Gasteiger partial charge on any atom is 0.302 e. The fourth-order valence-electron chi connectivity index (χ4n) is 4.30. The minimum Gasteiger partial charge on any atom is -0.258 e. The van der Waals surface area contributed by atoms with Gasteiger partial charge in [0, 0.05) is 17.7 Å². The van der Waals surface area contributed by atoms with Gasteiger partial charge in [-0.1, -0.05) is 42.5 Å². The van der Waals surface area contributed by atoms with Crippen molar-refractivity contribution < 1.29 is 14.8 Å². The average molecular weight is 480 g/mol. The van der Waals surface area contributed by atoms with E-state index in [1.165, 1.54) is 24.3 Å². The molecule has 0 saturated heterocycles. The first-order valence-corrected chi connectivity index (χ1v) is 10.8. The number of aliphatic imine (C=N–C) groups is 1. The molecule has 0 N–H and O–H groups in total. The van der Waals surface area contributed by atoms with E-state index in [-0.39, 0.29) is 22.5 Å². The monoisotopic (exact) mass is 480 g/mol. The molecule has 0 atom stereocenters. The number of benzene rings is 3. The third-order valence-corrected chi connectivity index (χ3v) is 5.93. The number of nitro groups is 3. The molecule has 3 aromatic rings. The molecule has 0 amide bonds. The molecular formula is C26H16N4O6. The van der Waals surface area contributed by atoms with E-state index < -0.39 is 26.2 Å². The highest BCUT2D eigenvalue weighted by Crippen LogP contribution is 2.44. The number of hydrogen-bond donors (Lipinski definition) is 0. The molecule has 10 heteroatoms. The van der Waals surface area contributed by atoms with Crippen molar-refractivity contribution >= 4 is 28.7 Å². The van der Waals surface area contributed by atoms with Crippen LogP contribution in [0.5, 0.6) is 0 Å². The summed E-state index contributed by atoms with van der Waals surface area (Å²) >= 11 is 0. The van der Waals surface area contributed by atoms with Gasteiger partial charge in [0.2, 0.25) is 0 Å². The van der Waals surface area contributed by atoms with Gasteiger partial charge in [0.15, 0.2) is 0 Å². The van der Waals surface area contributed by atoms with Crippen LogP contribution in [0.1, 0.15) is 22.3 Å². The molecule has 0 aliphatic heterocycles. The minimum atomic E-state index is -0.713. The third-order valence-electron chi connectivity index (χ3n) is 5.93. The summed E-state index contributed by atoms with van der Waals surface area (Å²) in [4.78, 5) is 37.4. The van der Waals surface area contributed by atoms with Crippen LogP contribution in [-0.4, -0.2) is 20.5 Å². The molecule has 3 aromatic carbocycles. The quantitative estimate of drug-likeness (QED) is 0.336. The Bertz CT molecular complexity index is 1570. The molecule has 0 fully saturated rings. The van der Waals surface area contributed by atoms with Gasteiger partial charge in [-0.3, -0.25) is 30.3 Å². The molecule has 0 saturated carbocycles. The normalized spacial score (nSPS) is 15.2. The van der Waals surface area contributed by atoms with Crippen molar-refractivity contribution in [1.82, 2.24) is 0 Å². The van der Waals surface area contributed by atoms with E-state index in [9.17, 15) is 30.3 Å². The average Bonchev–Trinajstić information content (AvgIpc) is 3.24. The first-order valence-electron chi connectivity index (χ1n) is 10.8. The molecule has 0 aromatic heterocycles. The molecule has 5 rings (SSSR count). The Morgan fingerprint density at radius 2 is 1.42 bits per heavy atom. The zero-order valence-electron chi connectivity index (χ0n) is 18.5. The van der Waals surface area contributed by atoms with Gasteiger partial charge in [-0.15, -0.1) is 0 Å². The maximum absolute atomic E-state index is 11.9. The molecule has 36 heavy (non-hydrogen) atoms. The van der Waals surface area contributed by atoms with Crippen molar-refractivity contribution in [3.8, 4) is 0 Å². The first-order chi connectivity index (χ1) is 17.3. The highest BCUT2D eigenvalue weighted by atomic mass is 16.6. The smallest absolute Gasteiger partial charge is 0.258 e. The number of hydrogen-bond acceptors (Lipinski definition) is 7. The zero-order valence-corrected chi connectivity index (χ0v) is 18.5. The summed E-state index contributed by atoms with van der Waals surface area (Å²) in [6, 6.07) is 21.0. The van der Waals surface area contributed by atoms with E-state index in [0.717, 1.165) is 17.2 Å². The number of nitro benzene ring substituents is 1. The van der Waals surface area contributed by atoms with Crippen LogP contribution in [-0.2, 0) is 6.42 Å². The van der Waals surface area contributed by atoms with Gasteiger partial charge >= 0.3 is 5.70 Å². The van der Waals surface area contributed by atoms with Gasteiger partial charge in [-0.05, 0) is 52.9 Å². The summed E-state index contributed by atoms with van der Waals surface area (Å²) in [7, 11) is 0. The van der Waals surface area contributed by atoms with Crippen molar-refractivity contribution in [2.45, 2.75) is 6.42 Å². The summed E-state index contributed by atoms with van der Waals surface area (Å²) < 4.78 is 0. The van der Waals surface area contributed by atoms with E-state index in [2.05, 4.69) is 4.99 Å². The third kappa shape index (κ3) is 4.07. The zero-order chi connectivity index (χ0) is 25.4. The number of nitrogens with zero attached hydrogens (tertiary/aromatic N) is 4. The van der Waals surface area contributed by atoms with Crippen LogP contribution in [0.4, 0.5) is 11.4 Å². The predicted octanol–water partition coefficient (Wildman–Crippen LogP) is 5.52. The Hall–Kier alpha value is -5.25. The Kier molecular flexibility index (Phi) is 5.53.